The molecular weight excluding hydrogens is 318 g/mol. The Hall–Kier alpha value is -2.64. The zero-order valence-corrected chi connectivity index (χ0v) is 13.8. The summed E-state index contributed by atoms with van der Waals surface area (Å²) < 4.78 is 26.7. The molecule has 0 fully saturated rings. The zero-order valence-electron chi connectivity index (χ0n) is 13.8. The normalized spacial score (nSPS) is 18.0. The molecule has 0 spiro atoms. The SMILES string of the molecule is CCOC(=O)C1=NO[C@H](Cc2cc(OC)c3c(c2OC)OCO3)C1. The molecule has 130 valence electrons. The van der Waals surface area contributed by atoms with E-state index in [0.717, 1.165) is 5.56 Å². The largest absolute Gasteiger partial charge is 0.493 e. The third-order valence-electron chi connectivity index (χ3n) is 3.76. The van der Waals surface area contributed by atoms with Gasteiger partial charge in [0.1, 0.15) is 6.10 Å². The summed E-state index contributed by atoms with van der Waals surface area (Å²) in [5.74, 6) is 1.71. The highest BCUT2D eigenvalue weighted by atomic mass is 16.7. The number of ether oxygens (including phenoxy) is 5. The zero-order chi connectivity index (χ0) is 17.1. The van der Waals surface area contributed by atoms with Gasteiger partial charge < -0.3 is 28.5 Å². The average molecular weight is 337 g/mol. The molecule has 2 aliphatic heterocycles. The minimum atomic E-state index is -0.449. The number of oxime groups is 1. The number of hydrogen-bond donors (Lipinski definition) is 0. The van der Waals surface area contributed by atoms with Crippen LogP contribution in [0.15, 0.2) is 11.2 Å². The first-order valence-electron chi connectivity index (χ1n) is 7.61. The second kappa shape index (κ2) is 6.86. The lowest BCUT2D eigenvalue weighted by atomic mass is 10.0. The standard InChI is InChI=1S/C16H19NO7/c1-4-21-16(18)11-7-10(24-17-11)5-9-6-12(19-2)14-15(13(9)20-3)23-8-22-14/h6,10H,4-5,7-8H2,1-3H3/t10-/m1/s1. The third-order valence-corrected chi connectivity index (χ3v) is 3.76. The minimum Gasteiger partial charge on any atom is -0.493 e. The maximum Gasteiger partial charge on any atom is 0.356 e. The lowest BCUT2D eigenvalue weighted by molar-refractivity contribution is -0.135. The molecule has 1 aromatic carbocycles. The van der Waals surface area contributed by atoms with E-state index in [2.05, 4.69) is 5.16 Å². The molecule has 0 unspecified atom stereocenters. The van der Waals surface area contributed by atoms with E-state index in [4.69, 9.17) is 28.5 Å². The van der Waals surface area contributed by atoms with Crippen molar-refractivity contribution in [3.05, 3.63) is 11.6 Å². The van der Waals surface area contributed by atoms with Gasteiger partial charge in [-0.25, -0.2) is 4.79 Å². The Morgan fingerprint density at radius 2 is 2.08 bits per heavy atom. The number of fused-ring (bicyclic) bond motifs is 1. The molecule has 0 aliphatic carbocycles. The summed E-state index contributed by atoms with van der Waals surface area (Å²) >= 11 is 0. The van der Waals surface area contributed by atoms with Crippen molar-refractivity contribution in [2.45, 2.75) is 25.9 Å². The number of methoxy groups -OCH3 is 2. The molecule has 3 rings (SSSR count). The van der Waals surface area contributed by atoms with Crippen LogP contribution < -0.4 is 18.9 Å². The topological polar surface area (TPSA) is 84.8 Å². The van der Waals surface area contributed by atoms with Gasteiger partial charge in [-0.15, -0.1) is 0 Å². The smallest absolute Gasteiger partial charge is 0.356 e. The van der Waals surface area contributed by atoms with Crippen LogP contribution >= 0.6 is 0 Å². The average Bonchev–Trinajstić information content (AvgIpc) is 3.23. The summed E-state index contributed by atoms with van der Waals surface area (Å²) in [6.45, 7) is 2.16. The molecule has 0 bridgehead atoms. The Morgan fingerprint density at radius 3 is 2.79 bits per heavy atom. The molecule has 0 aromatic heterocycles. The molecule has 2 aliphatic rings. The number of esters is 1. The number of hydrogen-bond acceptors (Lipinski definition) is 8. The first-order valence-corrected chi connectivity index (χ1v) is 7.61. The number of rotatable bonds is 6. The molecule has 0 amide bonds. The fraction of sp³-hybridized carbons (Fsp3) is 0.500. The Labute approximate surface area is 139 Å². The molecule has 0 radical (unpaired) electrons. The van der Waals surface area contributed by atoms with E-state index in [1.165, 1.54) is 0 Å². The van der Waals surface area contributed by atoms with Gasteiger partial charge in [-0.2, -0.15) is 0 Å². The van der Waals surface area contributed by atoms with Gasteiger partial charge in [0, 0.05) is 18.4 Å². The highest BCUT2D eigenvalue weighted by Gasteiger charge is 2.31. The Kier molecular flexibility index (Phi) is 4.64. The van der Waals surface area contributed by atoms with Gasteiger partial charge in [0.05, 0.1) is 20.8 Å². The van der Waals surface area contributed by atoms with Gasteiger partial charge >= 0.3 is 5.97 Å². The van der Waals surface area contributed by atoms with Crippen LogP contribution in [0.25, 0.3) is 0 Å². The second-order valence-electron chi connectivity index (χ2n) is 5.23. The van der Waals surface area contributed by atoms with E-state index in [1.54, 1.807) is 21.1 Å². The van der Waals surface area contributed by atoms with Crippen LogP contribution in [-0.4, -0.2) is 45.4 Å². The van der Waals surface area contributed by atoms with Crippen LogP contribution in [0.1, 0.15) is 18.9 Å². The van der Waals surface area contributed by atoms with E-state index in [9.17, 15) is 4.79 Å². The molecule has 0 saturated carbocycles. The number of nitrogens with zero attached hydrogens (tertiary/aromatic N) is 1. The molecule has 8 heteroatoms. The highest BCUT2D eigenvalue weighted by Crippen LogP contribution is 2.49. The van der Waals surface area contributed by atoms with E-state index in [1.807, 2.05) is 6.07 Å². The fourth-order valence-corrected chi connectivity index (χ4v) is 2.71. The maximum absolute atomic E-state index is 11.7. The molecular formula is C16H19NO7. The molecule has 1 aromatic rings. The summed E-state index contributed by atoms with van der Waals surface area (Å²) in [4.78, 5) is 17.1. The van der Waals surface area contributed by atoms with Crippen molar-refractivity contribution in [1.82, 2.24) is 0 Å². The van der Waals surface area contributed by atoms with Crippen molar-refractivity contribution in [3.63, 3.8) is 0 Å². The molecule has 24 heavy (non-hydrogen) atoms. The minimum absolute atomic E-state index is 0.113. The summed E-state index contributed by atoms with van der Waals surface area (Å²) in [5.41, 5.74) is 1.11. The maximum atomic E-state index is 11.7. The molecule has 8 nitrogen and oxygen atoms in total. The van der Waals surface area contributed by atoms with Crippen LogP contribution in [0, 0.1) is 0 Å². The van der Waals surface area contributed by atoms with Gasteiger partial charge in [-0.3, -0.25) is 0 Å². The van der Waals surface area contributed by atoms with Crippen LogP contribution in [0.3, 0.4) is 0 Å². The number of carbonyl (C=O) groups is 1. The van der Waals surface area contributed by atoms with Crippen LogP contribution in [0.4, 0.5) is 0 Å². The first kappa shape index (κ1) is 16.2. The van der Waals surface area contributed by atoms with Crippen molar-refractivity contribution in [2.24, 2.45) is 5.16 Å². The molecule has 0 N–H and O–H groups in total. The molecule has 2 heterocycles. The predicted molar refractivity (Wildman–Crippen MR) is 82.9 cm³/mol. The van der Waals surface area contributed by atoms with E-state index in [0.29, 0.717) is 42.4 Å². The van der Waals surface area contributed by atoms with Gasteiger partial charge in [0.25, 0.3) is 0 Å². The molecule has 0 saturated heterocycles. The quantitative estimate of drug-likeness (QED) is 0.730. The summed E-state index contributed by atoms with van der Waals surface area (Å²) in [6, 6.07) is 1.82. The first-order chi connectivity index (χ1) is 11.7. The summed E-state index contributed by atoms with van der Waals surface area (Å²) in [5, 5.41) is 3.82. The van der Waals surface area contributed by atoms with Crippen molar-refractivity contribution < 1.29 is 33.3 Å². The number of benzene rings is 1. The van der Waals surface area contributed by atoms with Crippen molar-refractivity contribution in [1.29, 1.82) is 0 Å². The lowest BCUT2D eigenvalue weighted by Gasteiger charge is -2.15. The predicted octanol–water partition coefficient (Wildman–Crippen LogP) is 1.68. The summed E-state index contributed by atoms with van der Waals surface area (Å²) in [6.07, 6.45) is 0.560. The van der Waals surface area contributed by atoms with Gasteiger partial charge in [-0.1, -0.05) is 5.16 Å². The van der Waals surface area contributed by atoms with Crippen molar-refractivity contribution in [2.75, 3.05) is 27.6 Å². The third kappa shape index (κ3) is 2.91. The van der Waals surface area contributed by atoms with Crippen LogP contribution in [0.5, 0.6) is 23.0 Å². The van der Waals surface area contributed by atoms with Crippen molar-refractivity contribution >= 4 is 11.7 Å². The van der Waals surface area contributed by atoms with E-state index >= 15 is 0 Å². The Morgan fingerprint density at radius 1 is 1.29 bits per heavy atom. The fourth-order valence-electron chi connectivity index (χ4n) is 2.71. The van der Waals surface area contributed by atoms with E-state index in [-0.39, 0.29) is 18.6 Å². The summed E-state index contributed by atoms with van der Waals surface area (Å²) in [7, 11) is 3.12. The van der Waals surface area contributed by atoms with Crippen molar-refractivity contribution in [3.8, 4) is 23.0 Å². The Balaban J connectivity index is 1.78. The lowest BCUT2D eigenvalue weighted by Crippen LogP contribution is -2.19. The van der Waals surface area contributed by atoms with Crippen LogP contribution in [-0.2, 0) is 20.8 Å². The number of carbonyl (C=O) groups excluding carboxylic acids is 1. The van der Waals surface area contributed by atoms with Gasteiger partial charge in [0.15, 0.2) is 17.2 Å². The monoisotopic (exact) mass is 337 g/mol. The van der Waals surface area contributed by atoms with Crippen LogP contribution in [0.2, 0.25) is 0 Å². The van der Waals surface area contributed by atoms with E-state index < -0.39 is 5.97 Å². The van der Waals surface area contributed by atoms with Gasteiger partial charge in [-0.05, 0) is 13.0 Å². The second-order valence-corrected chi connectivity index (χ2v) is 5.23. The molecule has 1 atom stereocenters. The van der Waals surface area contributed by atoms with Gasteiger partial charge in [0.2, 0.25) is 18.3 Å². The Bertz CT molecular complexity index is 671. The highest BCUT2D eigenvalue weighted by molar-refractivity contribution is 6.36.